The summed E-state index contributed by atoms with van der Waals surface area (Å²) in [6.07, 6.45) is -6.21. The maximum absolute atomic E-state index is 13.7. The SMILES string of the molecule is OC(C1=CNCC=C1)c1c(-c2cccc(C(F)(F)F)c2)noc1-c1ccccc1C(F)(F)F. The standard InChI is InChI=1S/C23H16F6N2O2/c24-22(25,26)15-7-3-5-13(11-15)19-18(20(32)14-6-4-10-30-12-14)21(33-31-19)16-8-1-2-9-17(16)23(27,28)29/h1-9,11-12,20,30,32H,10H2. The predicted octanol–water partition coefficient (Wildman–Crippen LogP) is 6.12. The summed E-state index contributed by atoms with van der Waals surface area (Å²) in [5, 5.41) is 17.7. The van der Waals surface area contributed by atoms with Crippen LogP contribution in [0.5, 0.6) is 0 Å². The second kappa shape index (κ2) is 8.43. The van der Waals surface area contributed by atoms with Crippen LogP contribution < -0.4 is 5.32 Å². The highest BCUT2D eigenvalue weighted by Crippen LogP contribution is 2.44. The molecule has 0 aliphatic carbocycles. The van der Waals surface area contributed by atoms with Gasteiger partial charge in [-0.25, -0.2) is 0 Å². The molecule has 4 rings (SSSR count). The third-order valence-electron chi connectivity index (χ3n) is 5.07. The summed E-state index contributed by atoms with van der Waals surface area (Å²) < 4.78 is 85.9. The van der Waals surface area contributed by atoms with Gasteiger partial charge in [-0.15, -0.1) is 0 Å². The maximum atomic E-state index is 13.7. The third kappa shape index (κ3) is 4.51. The molecule has 2 aromatic carbocycles. The Balaban J connectivity index is 1.95. The number of nitrogens with zero attached hydrogens (tertiary/aromatic N) is 1. The number of aliphatic hydroxyl groups excluding tert-OH is 1. The number of rotatable bonds is 4. The van der Waals surface area contributed by atoms with Crippen molar-refractivity contribution >= 4 is 0 Å². The summed E-state index contributed by atoms with van der Waals surface area (Å²) >= 11 is 0. The lowest BCUT2D eigenvalue weighted by Gasteiger charge is -2.18. The topological polar surface area (TPSA) is 58.3 Å². The summed E-state index contributed by atoms with van der Waals surface area (Å²) in [4.78, 5) is 0. The predicted molar refractivity (Wildman–Crippen MR) is 108 cm³/mol. The Hall–Kier alpha value is -3.53. The Morgan fingerprint density at radius 3 is 2.39 bits per heavy atom. The number of alkyl halides is 6. The van der Waals surface area contributed by atoms with Crippen LogP contribution in [0.15, 0.2) is 77.0 Å². The number of benzene rings is 2. The van der Waals surface area contributed by atoms with Gasteiger partial charge in [0.1, 0.15) is 11.8 Å². The van der Waals surface area contributed by atoms with E-state index in [1.807, 2.05) is 0 Å². The van der Waals surface area contributed by atoms with E-state index >= 15 is 0 Å². The van der Waals surface area contributed by atoms with Crippen LogP contribution in [0, 0.1) is 0 Å². The monoisotopic (exact) mass is 466 g/mol. The Morgan fingerprint density at radius 1 is 0.970 bits per heavy atom. The van der Waals surface area contributed by atoms with E-state index in [9.17, 15) is 31.4 Å². The van der Waals surface area contributed by atoms with E-state index in [1.54, 1.807) is 12.2 Å². The minimum Gasteiger partial charge on any atom is -0.387 e. The van der Waals surface area contributed by atoms with Crippen molar-refractivity contribution in [1.82, 2.24) is 10.5 Å². The number of nitrogens with one attached hydrogen (secondary N) is 1. The van der Waals surface area contributed by atoms with Crippen LogP contribution in [-0.2, 0) is 12.4 Å². The average Bonchev–Trinajstić information content (AvgIpc) is 3.23. The van der Waals surface area contributed by atoms with Crippen LogP contribution in [0.3, 0.4) is 0 Å². The summed E-state index contributed by atoms with van der Waals surface area (Å²) in [7, 11) is 0. The van der Waals surface area contributed by atoms with Crippen LogP contribution in [0.25, 0.3) is 22.6 Å². The highest BCUT2D eigenvalue weighted by Gasteiger charge is 2.37. The quantitative estimate of drug-likeness (QED) is 0.455. The van der Waals surface area contributed by atoms with Gasteiger partial charge in [0.25, 0.3) is 0 Å². The smallest absolute Gasteiger partial charge is 0.387 e. The number of hydrogen-bond donors (Lipinski definition) is 2. The molecule has 1 aromatic heterocycles. The molecule has 0 saturated heterocycles. The molecule has 1 aliphatic heterocycles. The van der Waals surface area contributed by atoms with E-state index < -0.39 is 35.1 Å². The lowest BCUT2D eigenvalue weighted by Crippen LogP contribution is -2.14. The second-order valence-electron chi connectivity index (χ2n) is 7.25. The van der Waals surface area contributed by atoms with Gasteiger partial charge in [0.05, 0.1) is 16.7 Å². The molecule has 2 heterocycles. The van der Waals surface area contributed by atoms with Gasteiger partial charge in [0.2, 0.25) is 0 Å². The first-order chi connectivity index (χ1) is 15.6. The molecule has 3 aromatic rings. The maximum Gasteiger partial charge on any atom is 0.417 e. The van der Waals surface area contributed by atoms with E-state index in [1.165, 1.54) is 24.4 Å². The molecule has 0 radical (unpaired) electrons. The van der Waals surface area contributed by atoms with Crippen molar-refractivity contribution in [3.05, 3.63) is 89.1 Å². The van der Waals surface area contributed by atoms with Gasteiger partial charge in [-0.1, -0.05) is 47.6 Å². The molecule has 1 unspecified atom stereocenters. The first kappa shape index (κ1) is 22.7. The Labute approximate surface area is 183 Å². The number of halogens is 6. The van der Waals surface area contributed by atoms with Crippen LogP contribution in [-0.4, -0.2) is 16.8 Å². The molecule has 1 aliphatic rings. The Bertz CT molecular complexity index is 1220. The molecule has 0 saturated carbocycles. The summed E-state index contributed by atoms with van der Waals surface area (Å²) in [5.41, 5.74) is -2.55. The van der Waals surface area contributed by atoms with Crippen LogP contribution in [0.2, 0.25) is 0 Å². The van der Waals surface area contributed by atoms with E-state index in [0.29, 0.717) is 6.54 Å². The lowest BCUT2D eigenvalue weighted by atomic mass is 9.91. The van der Waals surface area contributed by atoms with E-state index in [-0.39, 0.29) is 28.2 Å². The largest absolute Gasteiger partial charge is 0.417 e. The summed E-state index contributed by atoms with van der Waals surface area (Å²) in [6, 6.07) is 8.67. The summed E-state index contributed by atoms with van der Waals surface area (Å²) in [5.74, 6) is -0.386. The molecular weight excluding hydrogens is 450 g/mol. The van der Waals surface area contributed by atoms with Crippen molar-refractivity contribution in [2.24, 2.45) is 0 Å². The van der Waals surface area contributed by atoms with Crippen molar-refractivity contribution in [3.8, 4) is 22.6 Å². The molecule has 33 heavy (non-hydrogen) atoms. The third-order valence-corrected chi connectivity index (χ3v) is 5.07. The fraction of sp³-hybridized carbons (Fsp3) is 0.174. The van der Waals surface area contributed by atoms with Crippen molar-refractivity contribution < 1.29 is 36.0 Å². The van der Waals surface area contributed by atoms with Gasteiger partial charge in [-0.05, 0) is 18.2 Å². The second-order valence-corrected chi connectivity index (χ2v) is 7.25. The zero-order chi connectivity index (χ0) is 23.8. The minimum absolute atomic E-state index is 0.0632. The number of dihydropyridines is 1. The molecule has 172 valence electrons. The van der Waals surface area contributed by atoms with E-state index in [2.05, 4.69) is 10.5 Å². The Morgan fingerprint density at radius 2 is 1.73 bits per heavy atom. The van der Waals surface area contributed by atoms with Gasteiger partial charge in [-0.3, -0.25) is 0 Å². The first-order valence-electron chi connectivity index (χ1n) is 9.69. The van der Waals surface area contributed by atoms with E-state index in [4.69, 9.17) is 4.52 Å². The normalized spacial score (nSPS) is 15.2. The molecule has 10 heteroatoms. The van der Waals surface area contributed by atoms with Crippen molar-refractivity contribution in [2.45, 2.75) is 18.5 Å². The number of aromatic nitrogens is 1. The zero-order valence-electron chi connectivity index (χ0n) is 16.7. The lowest BCUT2D eigenvalue weighted by molar-refractivity contribution is -0.138. The van der Waals surface area contributed by atoms with Gasteiger partial charge in [0.15, 0.2) is 5.76 Å². The van der Waals surface area contributed by atoms with Crippen molar-refractivity contribution in [1.29, 1.82) is 0 Å². The van der Waals surface area contributed by atoms with Crippen LogP contribution in [0.4, 0.5) is 26.3 Å². The Kier molecular flexibility index (Phi) is 5.79. The number of hydrogen-bond acceptors (Lipinski definition) is 4. The minimum atomic E-state index is -4.74. The van der Waals surface area contributed by atoms with Gasteiger partial charge in [0, 0.05) is 29.4 Å². The van der Waals surface area contributed by atoms with Crippen molar-refractivity contribution in [3.63, 3.8) is 0 Å². The van der Waals surface area contributed by atoms with Gasteiger partial charge in [-0.2, -0.15) is 26.3 Å². The molecule has 1 atom stereocenters. The molecule has 0 fully saturated rings. The molecule has 0 bridgehead atoms. The van der Waals surface area contributed by atoms with Gasteiger partial charge < -0.3 is 14.9 Å². The molecule has 0 amide bonds. The first-order valence-corrected chi connectivity index (χ1v) is 9.69. The molecule has 4 nitrogen and oxygen atoms in total. The van der Waals surface area contributed by atoms with Gasteiger partial charge >= 0.3 is 12.4 Å². The van der Waals surface area contributed by atoms with Crippen LogP contribution >= 0.6 is 0 Å². The fourth-order valence-corrected chi connectivity index (χ4v) is 3.55. The van der Waals surface area contributed by atoms with E-state index in [0.717, 1.165) is 30.3 Å². The fourth-order valence-electron chi connectivity index (χ4n) is 3.55. The zero-order valence-corrected chi connectivity index (χ0v) is 16.7. The highest BCUT2D eigenvalue weighted by atomic mass is 19.4. The molecular formula is C23H16F6N2O2. The van der Waals surface area contributed by atoms with Crippen LogP contribution in [0.1, 0.15) is 22.8 Å². The average molecular weight is 466 g/mol. The number of aliphatic hydroxyl groups is 1. The summed E-state index contributed by atoms with van der Waals surface area (Å²) in [6.45, 7) is 0.476. The molecule has 2 N–H and O–H groups in total. The highest BCUT2D eigenvalue weighted by molar-refractivity contribution is 5.76. The molecule has 0 spiro atoms. The van der Waals surface area contributed by atoms with Crippen molar-refractivity contribution in [2.75, 3.05) is 6.54 Å².